The zero-order valence-electron chi connectivity index (χ0n) is 12.8. The van der Waals surface area contributed by atoms with Gasteiger partial charge in [0.05, 0.1) is 10.7 Å². The van der Waals surface area contributed by atoms with Crippen molar-refractivity contribution in [3.05, 3.63) is 74.8 Å². The highest BCUT2D eigenvalue weighted by Gasteiger charge is 2.13. The monoisotopic (exact) mass is 368 g/mol. The molecule has 0 saturated carbocycles. The van der Waals surface area contributed by atoms with Crippen LogP contribution in [0.2, 0.25) is 5.02 Å². The zero-order chi connectivity index (χ0) is 17.6. The van der Waals surface area contributed by atoms with Crippen molar-refractivity contribution in [2.75, 3.05) is 6.54 Å². The Labute approximate surface area is 145 Å². The lowest BCUT2D eigenvalue weighted by Gasteiger charge is -2.07. The Morgan fingerprint density at radius 2 is 1.79 bits per heavy atom. The number of aryl methyl sites for hydroxylation is 1. The van der Waals surface area contributed by atoms with Crippen LogP contribution in [-0.2, 0) is 22.2 Å². The highest BCUT2D eigenvalue weighted by atomic mass is 35.5. The molecule has 0 aliphatic carbocycles. The van der Waals surface area contributed by atoms with Gasteiger partial charge < -0.3 is 0 Å². The van der Waals surface area contributed by atoms with Crippen LogP contribution in [-0.4, -0.2) is 19.9 Å². The second kappa shape index (κ2) is 8.23. The predicted octanol–water partition coefficient (Wildman–Crippen LogP) is 3.30. The Morgan fingerprint density at radius 1 is 1.08 bits per heavy atom. The van der Waals surface area contributed by atoms with Crippen LogP contribution in [0, 0.1) is 10.1 Å². The van der Waals surface area contributed by atoms with Gasteiger partial charge in [0, 0.05) is 23.7 Å². The number of nitro benzene ring substituents is 1. The van der Waals surface area contributed by atoms with Crippen LogP contribution in [0.25, 0.3) is 0 Å². The van der Waals surface area contributed by atoms with Crippen LogP contribution in [0.15, 0.2) is 48.5 Å². The third-order valence-electron chi connectivity index (χ3n) is 3.36. The van der Waals surface area contributed by atoms with Crippen molar-refractivity contribution < 1.29 is 13.3 Å². The van der Waals surface area contributed by atoms with E-state index in [4.69, 9.17) is 11.6 Å². The summed E-state index contributed by atoms with van der Waals surface area (Å²) in [5.74, 6) is -0.282. The van der Waals surface area contributed by atoms with Crippen molar-refractivity contribution in [3.63, 3.8) is 0 Å². The molecule has 8 heteroatoms. The van der Waals surface area contributed by atoms with Gasteiger partial charge in [-0.1, -0.05) is 35.9 Å². The Morgan fingerprint density at radius 3 is 2.46 bits per heavy atom. The molecule has 0 radical (unpaired) electrons. The molecule has 1 N–H and O–H groups in total. The fourth-order valence-corrected chi connectivity index (χ4v) is 3.50. The molecule has 0 unspecified atom stereocenters. The maximum absolute atomic E-state index is 12.0. The lowest BCUT2D eigenvalue weighted by molar-refractivity contribution is -0.384. The molecular weight excluding hydrogens is 352 g/mol. The minimum absolute atomic E-state index is 0.120. The van der Waals surface area contributed by atoms with Crippen molar-refractivity contribution in [3.8, 4) is 0 Å². The van der Waals surface area contributed by atoms with E-state index in [0.29, 0.717) is 23.6 Å². The zero-order valence-corrected chi connectivity index (χ0v) is 14.4. The number of nitrogens with zero attached hydrogens (tertiary/aromatic N) is 1. The molecule has 24 heavy (non-hydrogen) atoms. The van der Waals surface area contributed by atoms with Gasteiger partial charge in [0.15, 0.2) is 0 Å². The minimum Gasteiger partial charge on any atom is -0.258 e. The molecule has 2 aromatic carbocycles. The molecule has 2 rings (SSSR count). The summed E-state index contributed by atoms with van der Waals surface area (Å²) < 4.78 is 26.6. The molecular formula is C16H17ClN2O4S. The Kier molecular flexibility index (Phi) is 6.30. The minimum atomic E-state index is -3.53. The number of sulfonamides is 1. The number of nitro groups is 1. The fraction of sp³-hybridized carbons (Fsp3) is 0.250. The van der Waals surface area contributed by atoms with Gasteiger partial charge in [-0.3, -0.25) is 10.1 Å². The molecule has 128 valence electrons. The van der Waals surface area contributed by atoms with Gasteiger partial charge >= 0.3 is 0 Å². The summed E-state index contributed by atoms with van der Waals surface area (Å²) in [4.78, 5) is 10.2. The third kappa shape index (κ3) is 5.92. The summed E-state index contributed by atoms with van der Waals surface area (Å²) in [6, 6.07) is 13.0. The van der Waals surface area contributed by atoms with Gasteiger partial charge in [0.2, 0.25) is 10.0 Å². The normalized spacial score (nSPS) is 11.4. The topological polar surface area (TPSA) is 89.3 Å². The quantitative estimate of drug-likeness (QED) is 0.439. The van der Waals surface area contributed by atoms with Gasteiger partial charge in [-0.2, -0.15) is 0 Å². The van der Waals surface area contributed by atoms with Gasteiger partial charge in [-0.05, 0) is 36.1 Å². The number of non-ortho nitro benzene ring substituents is 1. The molecule has 0 saturated heterocycles. The Bertz CT molecular complexity index is 807. The first kappa shape index (κ1) is 18.4. The van der Waals surface area contributed by atoms with Crippen LogP contribution < -0.4 is 4.72 Å². The predicted molar refractivity (Wildman–Crippen MR) is 93.5 cm³/mol. The first-order valence-corrected chi connectivity index (χ1v) is 9.34. The summed E-state index contributed by atoms with van der Waals surface area (Å²) in [5.41, 5.74) is 1.34. The Hall–Kier alpha value is -1.96. The van der Waals surface area contributed by atoms with E-state index in [1.165, 1.54) is 18.2 Å². The smallest absolute Gasteiger partial charge is 0.258 e. The molecule has 0 aliphatic heterocycles. The molecule has 0 aromatic heterocycles. The summed E-state index contributed by atoms with van der Waals surface area (Å²) in [6.07, 6.45) is 1.38. The van der Waals surface area contributed by atoms with Gasteiger partial charge in [0.1, 0.15) is 0 Å². The molecule has 0 amide bonds. The fourth-order valence-electron chi connectivity index (χ4n) is 2.20. The number of rotatable bonds is 8. The highest BCUT2D eigenvalue weighted by Crippen LogP contribution is 2.15. The van der Waals surface area contributed by atoms with Crippen molar-refractivity contribution in [1.82, 2.24) is 4.72 Å². The molecule has 0 bridgehead atoms. The van der Waals surface area contributed by atoms with Crippen LogP contribution in [0.3, 0.4) is 0 Å². The van der Waals surface area contributed by atoms with E-state index < -0.39 is 14.9 Å². The van der Waals surface area contributed by atoms with Crippen molar-refractivity contribution in [2.24, 2.45) is 0 Å². The van der Waals surface area contributed by atoms with Crippen LogP contribution >= 0.6 is 11.6 Å². The van der Waals surface area contributed by atoms with Crippen molar-refractivity contribution in [2.45, 2.75) is 18.6 Å². The lowest BCUT2D eigenvalue weighted by Crippen LogP contribution is -2.26. The maximum atomic E-state index is 12.0. The van der Waals surface area contributed by atoms with E-state index in [0.717, 1.165) is 12.0 Å². The van der Waals surface area contributed by atoms with E-state index >= 15 is 0 Å². The van der Waals surface area contributed by atoms with Crippen LogP contribution in [0.1, 0.15) is 17.5 Å². The number of benzene rings is 2. The van der Waals surface area contributed by atoms with Gasteiger partial charge in [-0.15, -0.1) is 0 Å². The molecule has 0 heterocycles. The summed E-state index contributed by atoms with van der Waals surface area (Å²) >= 11 is 5.81. The van der Waals surface area contributed by atoms with Gasteiger partial charge in [-0.25, -0.2) is 13.1 Å². The van der Waals surface area contributed by atoms with E-state index in [-0.39, 0.29) is 11.4 Å². The maximum Gasteiger partial charge on any atom is 0.269 e. The largest absolute Gasteiger partial charge is 0.269 e. The molecule has 0 fully saturated rings. The molecule has 0 spiro atoms. The molecule has 2 aromatic rings. The number of nitrogens with one attached hydrogen (secondary N) is 1. The first-order chi connectivity index (χ1) is 11.4. The lowest BCUT2D eigenvalue weighted by atomic mass is 10.1. The third-order valence-corrected chi connectivity index (χ3v) is 4.96. The number of hydrogen-bond donors (Lipinski definition) is 1. The average molecular weight is 369 g/mol. The standard InChI is InChI=1S/C16H17ClN2O4S/c17-15-8-6-13(7-9-15)4-2-10-18-24(22,23)12-14-3-1-5-16(11-14)19(20)21/h1,3,5-9,11,18H,2,4,10,12H2. The van der Waals surface area contributed by atoms with E-state index in [1.807, 2.05) is 12.1 Å². The SMILES string of the molecule is O=[N+]([O-])c1cccc(CS(=O)(=O)NCCCc2ccc(Cl)cc2)c1. The summed E-state index contributed by atoms with van der Waals surface area (Å²) in [5, 5.41) is 11.4. The van der Waals surface area contributed by atoms with Crippen LogP contribution in [0.4, 0.5) is 5.69 Å². The highest BCUT2D eigenvalue weighted by molar-refractivity contribution is 7.88. The average Bonchev–Trinajstić information content (AvgIpc) is 2.53. The Balaban J connectivity index is 1.84. The number of hydrogen-bond acceptors (Lipinski definition) is 4. The van der Waals surface area contributed by atoms with E-state index in [1.54, 1.807) is 18.2 Å². The molecule has 0 aliphatic rings. The van der Waals surface area contributed by atoms with E-state index in [9.17, 15) is 18.5 Å². The van der Waals surface area contributed by atoms with Gasteiger partial charge in [0.25, 0.3) is 5.69 Å². The first-order valence-electron chi connectivity index (χ1n) is 7.31. The van der Waals surface area contributed by atoms with Crippen LogP contribution in [0.5, 0.6) is 0 Å². The van der Waals surface area contributed by atoms with E-state index in [2.05, 4.69) is 4.72 Å². The summed E-state index contributed by atoms with van der Waals surface area (Å²) in [6.45, 7) is 0.305. The van der Waals surface area contributed by atoms with Crippen molar-refractivity contribution >= 4 is 27.3 Å². The molecule has 6 nitrogen and oxygen atoms in total. The number of halogens is 1. The second-order valence-electron chi connectivity index (χ2n) is 5.31. The molecule has 0 atom stereocenters. The second-order valence-corrected chi connectivity index (χ2v) is 7.55. The summed E-state index contributed by atoms with van der Waals surface area (Å²) in [7, 11) is -3.53. The van der Waals surface area contributed by atoms with Crippen molar-refractivity contribution in [1.29, 1.82) is 0 Å².